The number of hydrogen-bond donors (Lipinski definition) is 3. The van der Waals surface area contributed by atoms with Crippen LogP contribution in [-0.4, -0.2) is 18.4 Å². The van der Waals surface area contributed by atoms with E-state index in [-0.39, 0.29) is 18.4 Å². The predicted molar refractivity (Wildman–Crippen MR) is 86.5 cm³/mol. The molecule has 0 aliphatic rings. The molecule has 1 aromatic rings. The zero-order valence-electron chi connectivity index (χ0n) is 12.6. The standard InChI is InChI=1S/C15H22ClN3O2/c1-4-13(20)18-10-6-7-11(16)12(8-10)19-14(21)15(3,5-2)9-17/h6-8H,4-5,9,17H2,1-3H3,(H,18,20)(H,19,21). The molecule has 2 amide bonds. The van der Waals surface area contributed by atoms with Crippen molar-refractivity contribution in [3.63, 3.8) is 0 Å². The maximum absolute atomic E-state index is 12.3. The van der Waals surface area contributed by atoms with Crippen LogP contribution >= 0.6 is 11.6 Å². The molecule has 6 heteroatoms. The summed E-state index contributed by atoms with van der Waals surface area (Å²) in [4.78, 5) is 23.7. The molecule has 0 saturated carbocycles. The van der Waals surface area contributed by atoms with Crippen LogP contribution in [0.4, 0.5) is 11.4 Å². The lowest BCUT2D eigenvalue weighted by Crippen LogP contribution is -2.39. The molecule has 0 heterocycles. The Morgan fingerprint density at radius 2 is 1.95 bits per heavy atom. The van der Waals surface area contributed by atoms with Gasteiger partial charge in [0, 0.05) is 18.7 Å². The van der Waals surface area contributed by atoms with Gasteiger partial charge >= 0.3 is 0 Å². The first kappa shape index (κ1) is 17.5. The Bertz CT molecular complexity index is 528. The molecule has 1 rings (SSSR count). The molecule has 116 valence electrons. The molecule has 21 heavy (non-hydrogen) atoms. The molecule has 0 aliphatic carbocycles. The van der Waals surface area contributed by atoms with Crippen molar-refractivity contribution in [2.24, 2.45) is 11.1 Å². The van der Waals surface area contributed by atoms with E-state index < -0.39 is 5.41 Å². The molecule has 0 saturated heterocycles. The summed E-state index contributed by atoms with van der Waals surface area (Å²) in [7, 11) is 0. The third-order valence-electron chi connectivity index (χ3n) is 3.60. The first-order valence-corrected chi connectivity index (χ1v) is 7.35. The van der Waals surface area contributed by atoms with Crippen molar-refractivity contribution < 1.29 is 9.59 Å². The fourth-order valence-corrected chi connectivity index (χ4v) is 1.78. The fourth-order valence-electron chi connectivity index (χ4n) is 1.62. The molecule has 0 radical (unpaired) electrons. The quantitative estimate of drug-likeness (QED) is 0.755. The van der Waals surface area contributed by atoms with E-state index in [0.29, 0.717) is 29.2 Å². The number of amides is 2. The molecule has 0 spiro atoms. The maximum atomic E-state index is 12.3. The molecule has 5 nitrogen and oxygen atoms in total. The van der Waals surface area contributed by atoms with E-state index in [9.17, 15) is 9.59 Å². The molecule has 0 aromatic heterocycles. The SMILES string of the molecule is CCC(=O)Nc1ccc(Cl)c(NC(=O)C(C)(CC)CN)c1. The highest BCUT2D eigenvalue weighted by Gasteiger charge is 2.30. The van der Waals surface area contributed by atoms with E-state index in [1.165, 1.54) is 0 Å². The van der Waals surface area contributed by atoms with Crippen molar-refractivity contribution in [1.29, 1.82) is 0 Å². The van der Waals surface area contributed by atoms with E-state index >= 15 is 0 Å². The Balaban J connectivity index is 2.95. The molecule has 4 N–H and O–H groups in total. The number of benzene rings is 1. The van der Waals surface area contributed by atoms with Crippen LogP contribution in [0.15, 0.2) is 18.2 Å². The Morgan fingerprint density at radius 1 is 1.29 bits per heavy atom. The van der Waals surface area contributed by atoms with Gasteiger partial charge in [0.15, 0.2) is 0 Å². The van der Waals surface area contributed by atoms with Crippen molar-refractivity contribution in [1.82, 2.24) is 0 Å². The van der Waals surface area contributed by atoms with Crippen LogP contribution in [0.1, 0.15) is 33.6 Å². The normalized spacial score (nSPS) is 13.4. The zero-order chi connectivity index (χ0) is 16.0. The molecular weight excluding hydrogens is 290 g/mol. The van der Waals surface area contributed by atoms with Crippen LogP contribution in [0, 0.1) is 5.41 Å². The summed E-state index contributed by atoms with van der Waals surface area (Å²) in [6, 6.07) is 4.96. The molecular formula is C15H22ClN3O2. The van der Waals surface area contributed by atoms with Gasteiger partial charge in [0.2, 0.25) is 11.8 Å². The van der Waals surface area contributed by atoms with Crippen molar-refractivity contribution in [2.45, 2.75) is 33.6 Å². The lowest BCUT2D eigenvalue weighted by molar-refractivity contribution is -0.124. The molecule has 1 atom stereocenters. The largest absolute Gasteiger partial charge is 0.329 e. The Morgan fingerprint density at radius 3 is 2.48 bits per heavy atom. The summed E-state index contributed by atoms with van der Waals surface area (Å²) in [6.45, 7) is 5.73. The second-order valence-corrected chi connectivity index (χ2v) is 5.58. The Labute approximate surface area is 130 Å². The van der Waals surface area contributed by atoms with E-state index in [4.69, 9.17) is 17.3 Å². The van der Waals surface area contributed by atoms with E-state index in [0.717, 1.165) is 0 Å². The average molecular weight is 312 g/mol. The summed E-state index contributed by atoms with van der Waals surface area (Å²) in [5, 5.41) is 5.92. The van der Waals surface area contributed by atoms with Gasteiger partial charge < -0.3 is 16.4 Å². The number of halogens is 1. The van der Waals surface area contributed by atoms with Gasteiger partial charge in [-0.15, -0.1) is 0 Å². The van der Waals surface area contributed by atoms with Crippen molar-refractivity contribution in [3.8, 4) is 0 Å². The van der Waals surface area contributed by atoms with Gasteiger partial charge in [0.1, 0.15) is 0 Å². The fraction of sp³-hybridized carbons (Fsp3) is 0.467. The molecule has 0 fully saturated rings. The second kappa shape index (κ2) is 7.43. The smallest absolute Gasteiger partial charge is 0.231 e. The predicted octanol–water partition coefficient (Wildman–Crippen LogP) is 3.00. The van der Waals surface area contributed by atoms with Crippen LogP contribution in [0.5, 0.6) is 0 Å². The lowest BCUT2D eigenvalue weighted by atomic mass is 9.86. The van der Waals surface area contributed by atoms with Gasteiger partial charge in [-0.25, -0.2) is 0 Å². The third kappa shape index (κ3) is 4.44. The molecule has 1 unspecified atom stereocenters. The van der Waals surface area contributed by atoms with Gasteiger partial charge in [-0.3, -0.25) is 9.59 Å². The van der Waals surface area contributed by atoms with Crippen molar-refractivity contribution >= 4 is 34.8 Å². The minimum Gasteiger partial charge on any atom is -0.329 e. The summed E-state index contributed by atoms with van der Waals surface area (Å²) in [5.41, 5.74) is 6.08. The average Bonchev–Trinajstić information content (AvgIpc) is 2.49. The highest BCUT2D eigenvalue weighted by molar-refractivity contribution is 6.34. The number of carbonyl (C=O) groups excluding carboxylic acids is 2. The van der Waals surface area contributed by atoms with Crippen LogP contribution in [0.2, 0.25) is 5.02 Å². The van der Waals surface area contributed by atoms with Gasteiger partial charge in [-0.1, -0.05) is 25.4 Å². The topological polar surface area (TPSA) is 84.2 Å². The molecule has 0 aliphatic heterocycles. The first-order valence-electron chi connectivity index (χ1n) is 6.97. The van der Waals surface area contributed by atoms with Crippen LogP contribution in [0.25, 0.3) is 0 Å². The maximum Gasteiger partial charge on any atom is 0.231 e. The summed E-state index contributed by atoms with van der Waals surface area (Å²) in [5.74, 6) is -0.289. The number of carbonyl (C=O) groups is 2. The van der Waals surface area contributed by atoms with E-state index in [1.54, 1.807) is 32.0 Å². The van der Waals surface area contributed by atoms with Gasteiger partial charge in [0.25, 0.3) is 0 Å². The number of nitrogens with one attached hydrogen (secondary N) is 2. The molecule has 1 aromatic carbocycles. The van der Waals surface area contributed by atoms with Crippen LogP contribution in [0.3, 0.4) is 0 Å². The number of nitrogens with two attached hydrogens (primary N) is 1. The van der Waals surface area contributed by atoms with Crippen molar-refractivity contribution in [2.75, 3.05) is 17.2 Å². The van der Waals surface area contributed by atoms with E-state index in [2.05, 4.69) is 10.6 Å². The van der Waals surface area contributed by atoms with Crippen LogP contribution in [-0.2, 0) is 9.59 Å². The number of anilines is 2. The second-order valence-electron chi connectivity index (χ2n) is 5.17. The first-order chi connectivity index (χ1) is 9.86. The lowest BCUT2D eigenvalue weighted by Gasteiger charge is -2.25. The Hall–Kier alpha value is -1.59. The summed E-state index contributed by atoms with van der Waals surface area (Å²) < 4.78 is 0. The monoisotopic (exact) mass is 311 g/mol. The minimum atomic E-state index is -0.647. The van der Waals surface area contributed by atoms with Gasteiger partial charge in [-0.05, 0) is 31.5 Å². The minimum absolute atomic E-state index is 0.102. The number of rotatable bonds is 6. The summed E-state index contributed by atoms with van der Waals surface area (Å²) in [6.07, 6.45) is 1.00. The van der Waals surface area contributed by atoms with Crippen LogP contribution < -0.4 is 16.4 Å². The zero-order valence-corrected chi connectivity index (χ0v) is 13.4. The number of hydrogen-bond acceptors (Lipinski definition) is 3. The molecule has 0 bridgehead atoms. The highest BCUT2D eigenvalue weighted by Crippen LogP contribution is 2.28. The van der Waals surface area contributed by atoms with Crippen molar-refractivity contribution in [3.05, 3.63) is 23.2 Å². The highest BCUT2D eigenvalue weighted by atomic mass is 35.5. The Kier molecular flexibility index (Phi) is 6.18. The van der Waals surface area contributed by atoms with Gasteiger partial charge in [-0.2, -0.15) is 0 Å². The summed E-state index contributed by atoms with van der Waals surface area (Å²) >= 11 is 6.09. The van der Waals surface area contributed by atoms with Gasteiger partial charge in [0.05, 0.1) is 16.1 Å². The van der Waals surface area contributed by atoms with E-state index in [1.807, 2.05) is 6.92 Å². The third-order valence-corrected chi connectivity index (χ3v) is 3.93.